The van der Waals surface area contributed by atoms with Crippen molar-refractivity contribution in [2.75, 3.05) is 32.6 Å². The van der Waals surface area contributed by atoms with Crippen LogP contribution in [-0.2, 0) is 0 Å². The van der Waals surface area contributed by atoms with Gasteiger partial charge in [0.25, 0.3) is 5.91 Å². The number of hydrogen-bond acceptors (Lipinski definition) is 6. The lowest BCUT2D eigenvalue weighted by Gasteiger charge is -2.26. The van der Waals surface area contributed by atoms with E-state index < -0.39 is 0 Å². The van der Waals surface area contributed by atoms with E-state index in [1.54, 1.807) is 7.11 Å². The van der Waals surface area contributed by atoms with Gasteiger partial charge in [0, 0.05) is 38.1 Å². The van der Waals surface area contributed by atoms with Crippen molar-refractivity contribution in [1.29, 1.82) is 0 Å². The van der Waals surface area contributed by atoms with E-state index >= 15 is 0 Å². The van der Waals surface area contributed by atoms with Gasteiger partial charge in [-0.15, -0.1) is 0 Å². The molecule has 1 aliphatic rings. The molecule has 8 heteroatoms. The number of anilines is 1. The van der Waals surface area contributed by atoms with Crippen molar-refractivity contribution in [3.63, 3.8) is 0 Å². The van der Waals surface area contributed by atoms with Gasteiger partial charge >= 0.3 is 0 Å². The third-order valence-corrected chi connectivity index (χ3v) is 5.85. The van der Waals surface area contributed by atoms with Crippen LogP contribution >= 0.6 is 0 Å². The van der Waals surface area contributed by atoms with Crippen molar-refractivity contribution in [2.24, 2.45) is 0 Å². The first-order valence-corrected chi connectivity index (χ1v) is 10.9. The second-order valence-electron chi connectivity index (χ2n) is 8.62. The lowest BCUT2D eigenvalue weighted by Crippen LogP contribution is -2.32. The van der Waals surface area contributed by atoms with Gasteiger partial charge in [-0.1, -0.05) is 26.0 Å². The summed E-state index contributed by atoms with van der Waals surface area (Å²) >= 11 is 0. The van der Waals surface area contributed by atoms with Crippen LogP contribution in [0.3, 0.4) is 0 Å². The number of carbonyl (C=O) groups is 1. The quantitative estimate of drug-likeness (QED) is 0.630. The Morgan fingerprint density at radius 1 is 1.28 bits per heavy atom. The average Bonchev–Trinajstić information content (AvgIpc) is 3.48. The van der Waals surface area contributed by atoms with Crippen molar-refractivity contribution in [1.82, 2.24) is 25.1 Å². The number of methoxy groups -OCH3 is 1. The highest BCUT2D eigenvalue weighted by Gasteiger charge is 2.35. The van der Waals surface area contributed by atoms with Crippen LogP contribution in [0.4, 0.5) is 5.95 Å². The second kappa shape index (κ2) is 8.98. The Kier molecular flexibility index (Phi) is 6.12. The zero-order valence-corrected chi connectivity index (χ0v) is 19.3. The number of amides is 1. The molecular formula is C24H30N6O2. The molecule has 3 aromatic rings. The highest BCUT2D eigenvalue weighted by atomic mass is 16.5. The standard InChI is InChI=1S/C24H30N6O2/c1-15(2)19-13-20(28-27-19)23(31)30-11-7-10-21(30)22-18(14-25-24(26-22)29(3)4)16-8-6-9-17(12-16)32-5/h6,8-9,12-15,21H,7,10-11H2,1-5H3,(H,27,28)/t21-/m0/s1. The van der Waals surface area contributed by atoms with Gasteiger partial charge in [-0.3, -0.25) is 9.89 Å². The summed E-state index contributed by atoms with van der Waals surface area (Å²) in [5.74, 6) is 1.59. The number of hydrogen-bond donors (Lipinski definition) is 1. The van der Waals surface area contributed by atoms with Crippen LogP contribution in [0.15, 0.2) is 36.5 Å². The van der Waals surface area contributed by atoms with E-state index in [2.05, 4.69) is 29.0 Å². The molecule has 1 atom stereocenters. The number of aromatic nitrogens is 4. The molecule has 0 saturated carbocycles. The molecule has 0 unspecified atom stereocenters. The minimum atomic E-state index is -0.149. The Bertz CT molecular complexity index is 1110. The van der Waals surface area contributed by atoms with Gasteiger partial charge in [0.2, 0.25) is 5.95 Å². The largest absolute Gasteiger partial charge is 0.497 e. The minimum Gasteiger partial charge on any atom is -0.497 e. The van der Waals surface area contributed by atoms with E-state index in [-0.39, 0.29) is 17.9 Å². The number of aromatic amines is 1. The fourth-order valence-electron chi connectivity index (χ4n) is 4.05. The van der Waals surface area contributed by atoms with Crippen LogP contribution in [0.1, 0.15) is 60.5 Å². The second-order valence-corrected chi connectivity index (χ2v) is 8.62. The van der Waals surface area contributed by atoms with E-state index in [0.29, 0.717) is 18.2 Å². The first-order chi connectivity index (χ1) is 15.4. The topological polar surface area (TPSA) is 87.2 Å². The van der Waals surface area contributed by atoms with E-state index in [1.165, 1.54) is 0 Å². The molecule has 0 bridgehead atoms. The molecule has 3 heterocycles. The van der Waals surface area contributed by atoms with Crippen molar-refractivity contribution >= 4 is 11.9 Å². The van der Waals surface area contributed by atoms with Gasteiger partial charge in [0.15, 0.2) is 0 Å². The van der Waals surface area contributed by atoms with E-state index in [0.717, 1.165) is 41.1 Å². The summed E-state index contributed by atoms with van der Waals surface area (Å²) in [6.07, 6.45) is 3.60. The number of likely N-dealkylation sites (tertiary alicyclic amines) is 1. The van der Waals surface area contributed by atoms with Gasteiger partial charge in [0.1, 0.15) is 11.4 Å². The van der Waals surface area contributed by atoms with Crippen LogP contribution < -0.4 is 9.64 Å². The third kappa shape index (κ3) is 4.17. The summed E-state index contributed by atoms with van der Waals surface area (Å²) in [6, 6.07) is 9.56. The van der Waals surface area contributed by atoms with Crippen LogP contribution in [0.5, 0.6) is 5.75 Å². The SMILES string of the molecule is COc1cccc(-c2cnc(N(C)C)nc2[C@@H]2CCCN2C(=O)c2cc(C(C)C)[nH]n2)c1. The average molecular weight is 435 g/mol. The van der Waals surface area contributed by atoms with Crippen LogP contribution in [0, 0.1) is 0 Å². The molecule has 1 fully saturated rings. The molecule has 1 N–H and O–H groups in total. The fraction of sp³-hybridized carbons (Fsp3) is 0.417. The molecular weight excluding hydrogens is 404 g/mol. The Labute approximate surface area is 188 Å². The molecule has 32 heavy (non-hydrogen) atoms. The van der Waals surface area contributed by atoms with E-state index in [1.807, 2.05) is 60.4 Å². The maximum absolute atomic E-state index is 13.4. The van der Waals surface area contributed by atoms with Gasteiger partial charge in [0.05, 0.1) is 18.8 Å². The predicted octanol–water partition coefficient (Wildman–Crippen LogP) is 4.04. The number of carbonyl (C=O) groups excluding carboxylic acids is 1. The Hall–Kier alpha value is -3.42. The highest BCUT2D eigenvalue weighted by Crippen LogP contribution is 2.38. The molecule has 1 saturated heterocycles. The number of benzene rings is 1. The van der Waals surface area contributed by atoms with Crippen LogP contribution in [0.2, 0.25) is 0 Å². The lowest BCUT2D eigenvalue weighted by atomic mass is 9.99. The van der Waals surface area contributed by atoms with Crippen molar-refractivity contribution in [3.8, 4) is 16.9 Å². The predicted molar refractivity (Wildman–Crippen MR) is 124 cm³/mol. The summed E-state index contributed by atoms with van der Waals surface area (Å²) in [5, 5.41) is 7.28. The number of nitrogens with one attached hydrogen (secondary N) is 1. The molecule has 1 aromatic carbocycles. The monoisotopic (exact) mass is 434 g/mol. The molecule has 0 aliphatic carbocycles. The number of nitrogens with zero attached hydrogens (tertiary/aromatic N) is 5. The van der Waals surface area contributed by atoms with Gasteiger partial charge in [-0.25, -0.2) is 9.97 Å². The molecule has 0 spiro atoms. The number of ether oxygens (including phenoxy) is 1. The minimum absolute atomic E-state index is 0.0720. The van der Waals surface area contributed by atoms with Gasteiger partial charge in [-0.2, -0.15) is 5.10 Å². The highest BCUT2D eigenvalue weighted by molar-refractivity contribution is 5.93. The molecule has 1 amide bonds. The molecule has 168 valence electrons. The first kappa shape index (κ1) is 21.8. The van der Waals surface area contributed by atoms with E-state index in [4.69, 9.17) is 9.72 Å². The normalized spacial score (nSPS) is 15.9. The third-order valence-electron chi connectivity index (χ3n) is 5.85. The first-order valence-electron chi connectivity index (χ1n) is 10.9. The zero-order chi connectivity index (χ0) is 22.8. The summed E-state index contributed by atoms with van der Waals surface area (Å²) in [4.78, 5) is 26.6. The van der Waals surface area contributed by atoms with Crippen molar-refractivity contribution < 1.29 is 9.53 Å². The molecule has 4 rings (SSSR count). The summed E-state index contributed by atoms with van der Waals surface area (Å²) in [7, 11) is 5.48. The van der Waals surface area contributed by atoms with E-state index in [9.17, 15) is 4.79 Å². The smallest absolute Gasteiger partial charge is 0.274 e. The Morgan fingerprint density at radius 3 is 2.78 bits per heavy atom. The summed E-state index contributed by atoms with van der Waals surface area (Å²) < 4.78 is 5.42. The Balaban J connectivity index is 1.75. The van der Waals surface area contributed by atoms with Crippen molar-refractivity contribution in [3.05, 3.63) is 53.6 Å². The summed E-state index contributed by atoms with van der Waals surface area (Å²) in [6.45, 7) is 4.82. The Morgan fingerprint density at radius 2 is 2.09 bits per heavy atom. The number of H-pyrrole nitrogens is 1. The fourth-order valence-corrected chi connectivity index (χ4v) is 4.05. The van der Waals surface area contributed by atoms with Crippen molar-refractivity contribution in [2.45, 2.75) is 38.6 Å². The molecule has 0 radical (unpaired) electrons. The maximum atomic E-state index is 13.4. The van der Waals surface area contributed by atoms with Crippen LogP contribution in [-0.4, -0.2) is 58.7 Å². The molecule has 2 aromatic heterocycles. The zero-order valence-electron chi connectivity index (χ0n) is 19.3. The molecule has 1 aliphatic heterocycles. The molecule has 8 nitrogen and oxygen atoms in total. The van der Waals surface area contributed by atoms with Crippen LogP contribution in [0.25, 0.3) is 11.1 Å². The number of rotatable bonds is 6. The summed E-state index contributed by atoms with van der Waals surface area (Å²) in [5.41, 5.74) is 4.13. The van der Waals surface area contributed by atoms with Gasteiger partial charge in [-0.05, 0) is 42.5 Å². The van der Waals surface area contributed by atoms with Gasteiger partial charge < -0.3 is 14.5 Å². The maximum Gasteiger partial charge on any atom is 0.274 e. The lowest BCUT2D eigenvalue weighted by molar-refractivity contribution is 0.0727.